The van der Waals surface area contributed by atoms with Gasteiger partial charge >= 0.3 is 0 Å². The van der Waals surface area contributed by atoms with Gasteiger partial charge in [-0.05, 0) is 25.0 Å². The number of methoxy groups -OCH3 is 2. The topological polar surface area (TPSA) is 68.3 Å². The number of carbonyl (C=O) groups excluding carboxylic acids is 2. The standard InChI is InChI=1S/C18H24N2O5/c1-23-14-6-3-7-15(24-2)16(14)18(22)20-8-4-5-13(20)17(21)19-9-11-25-12-10-19/h3,6-7,13H,4-5,8-12H2,1-2H3/t13-/m1/s1. The maximum Gasteiger partial charge on any atom is 0.262 e. The Morgan fingerprint density at radius 3 is 2.32 bits per heavy atom. The first kappa shape index (κ1) is 17.5. The summed E-state index contributed by atoms with van der Waals surface area (Å²) < 4.78 is 16.0. The molecule has 0 bridgehead atoms. The van der Waals surface area contributed by atoms with Crippen LogP contribution in [0.1, 0.15) is 23.2 Å². The molecule has 0 radical (unpaired) electrons. The number of carbonyl (C=O) groups is 2. The molecule has 0 saturated carbocycles. The predicted molar refractivity (Wildman–Crippen MR) is 91.0 cm³/mol. The van der Waals surface area contributed by atoms with Crippen LogP contribution in [-0.2, 0) is 9.53 Å². The van der Waals surface area contributed by atoms with Gasteiger partial charge in [-0.1, -0.05) is 6.07 Å². The molecular formula is C18H24N2O5. The number of nitrogens with zero attached hydrogens (tertiary/aromatic N) is 2. The molecule has 3 rings (SSSR count). The van der Waals surface area contributed by atoms with Crippen molar-refractivity contribution in [3.63, 3.8) is 0 Å². The van der Waals surface area contributed by atoms with Crippen LogP contribution in [0.2, 0.25) is 0 Å². The molecule has 136 valence electrons. The Labute approximate surface area is 147 Å². The maximum atomic E-state index is 13.2. The lowest BCUT2D eigenvalue weighted by Gasteiger charge is -2.32. The number of likely N-dealkylation sites (tertiary alicyclic amines) is 1. The van der Waals surface area contributed by atoms with Crippen molar-refractivity contribution >= 4 is 11.8 Å². The van der Waals surface area contributed by atoms with Gasteiger partial charge in [0.15, 0.2) is 0 Å². The molecule has 7 nitrogen and oxygen atoms in total. The van der Waals surface area contributed by atoms with Gasteiger partial charge in [0.05, 0.1) is 27.4 Å². The summed E-state index contributed by atoms with van der Waals surface area (Å²) in [6.07, 6.45) is 1.49. The fourth-order valence-corrected chi connectivity index (χ4v) is 3.47. The fourth-order valence-electron chi connectivity index (χ4n) is 3.47. The number of ether oxygens (including phenoxy) is 3. The minimum absolute atomic E-state index is 0.00279. The smallest absolute Gasteiger partial charge is 0.262 e. The van der Waals surface area contributed by atoms with E-state index in [1.165, 1.54) is 14.2 Å². The lowest BCUT2D eigenvalue weighted by Crippen LogP contribution is -2.51. The molecule has 0 unspecified atom stereocenters. The molecule has 1 atom stereocenters. The largest absolute Gasteiger partial charge is 0.496 e. The quantitative estimate of drug-likeness (QED) is 0.817. The first-order chi connectivity index (χ1) is 12.2. The summed E-state index contributed by atoms with van der Waals surface area (Å²) in [5.74, 6) is 0.684. The zero-order valence-corrected chi connectivity index (χ0v) is 14.7. The van der Waals surface area contributed by atoms with Crippen molar-refractivity contribution in [1.82, 2.24) is 9.80 Å². The van der Waals surface area contributed by atoms with Crippen LogP contribution in [0.15, 0.2) is 18.2 Å². The second-order valence-corrected chi connectivity index (χ2v) is 6.13. The molecule has 2 aliphatic heterocycles. The number of morpholine rings is 1. The minimum atomic E-state index is -0.430. The van der Waals surface area contributed by atoms with Crippen LogP contribution >= 0.6 is 0 Å². The van der Waals surface area contributed by atoms with Gasteiger partial charge in [0.2, 0.25) is 5.91 Å². The molecule has 2 aliphatic rings. The van der Waals surface area contributed by atoms with Crippen molar-refractivity contribution in [1.29, 1.82) is 0 Å². The van der Waals surface area contributed by atoms with Gasteiger partial charge in [-0.15, -0.1) is 0 Å². The predicted octanol–water partition coefficient (Wildman–Crippen LogP) is 1.17. The highest BCUT2D eigenvalue weighted by Gasteiger charge is 2.38. The monoisotopic (exact) mass is 348 g/mol. The Bertz CT molecular complexity index is 620. The van der Waals surface area contributed by atoms with E-state index in [9.17, 15) is 9.59 Å². The van der Waals surface area contributed by atoms with Crippen molar-refractivity contribution in [2.24, 2.45) is 0 Å². The molecule has 25 heavy (non-hydrogen) atoms. The van der Waals surface area contributed by atoms with Crippen LogP contribution < -0.4 is 9.47 Å². The van der Waals surface area contributed by atoms with Crippen molar-refractivity contribution in [3.05, 3.63) is 23.8 Å². The molecule has 0 aromatic heterocycles. The summed E-state index contributed by atoms with van der Waals surface area (Å²) >= 11 is 0. The SMILES string of the molecule is COc1cccc(OC)c1C(=O)N1CCC[C@@H]1C(=O)N1CCOCC1. The highest BCUT2D eigenvalue weighted by Crippen LogP contribution is 2.32. The van der Waals surface area contributed by atoms with E-state index in [0.29, 0.717) is 56.3 Å². The molecule has 0 spiro atoms. The van der Waals surface area contributed by atoms with Gasteiger partial charge in [0.25, 0.3) is 5.91 Å². The summed E-state index contributed by atoms with van der Waals surface area (Å²) in [7, 11) is 3.04. The van der Waals surface area contributed by atoms with Gasteiger partial charge in [0, 0.05) is 19.6 Å². The second-order valence-electron chi connectivity index (χ2n) is 6.13. The summed E-state index contributed by atoms with van der Waals surface area (Å²) in [5, 5.41) is 0. The minimum Gasteiger partial charge on any atom is -0.496 e. The Morgan fingerprint density at radius 2 is 1.72 bits per heavy atom. The Balaban J connectivity index is 1.85. The number of rotatable bonds is 4. The van der Waals surface area contributed by atoms with E-state index < -0.39 is 6.04 Å². The molecule has 2 saturated heterocycles. The zero-order chi connectivity index (χ0) is 17.8. The Kier molecular flexibility index (Phi) is 5.43. The summed E-state index contributed by atoms with van der Waals surface area (Å²) in [4.78, 5) is 29.5. The average Bonchev–Trinajstić information content (AvgIpc) is 3.16. The molecule has 1 aromatic carbocycles. The second kappa shape index (κ2) is 7.74. The normalized spacial score (nSPS) is 20.5. The molecule has 0 aliphatic carbocycles. The van der Waals surface area contributed by atoms with Crippen molar-refractivity contribution in [2.45, 2.75) is 18.9 Å². The van der Waals surface area contributed by atoms with E-state index in [1.807, 2.05) is 0 Å². The third-order valence-electron chi connectivity index (χ3n) is 4.76. The lowest BCUT2D eigenvalue weighted by molar-refractivity contribution is -0.139. The van der Waals surface area contributed by atoms with Gasteiger partial charge in [-0.3, -0.25) is 9.59 Å². The van der Waals surface area contributed by atoms with Crippen LogP contribution in [0.5, 0.6) is 11.5 Å². The van der Waals surface area contributed by atoms with Gasteiger partial charge in [-0.2, -0.15) is 0 Å². The Morgan fingerprint density at radius 1 is 1.08 bits per heavy atom. The van der Waals surface area contributed by atoms with Crippen LogP contribution in [-0.4, -0.2) is 74.7 Å². The van der Waals surface area contributed by atoms with Crippen LogP contribution in [0.25, 0.3) is 0 Å². The molecular weight excluding hydrogens is 324 g/mol. The van der Waals surface area contributed by atoms with E-state index in [0.717, 1.165) is 6.42 Å². The molecule has 2 heterocycles. The number of hydrogen-bond donors (Lipinski definition) is 0. The molecule has 0 N–H and O–H groups in total. The van der Waals surface area contributed by atoms with Crippen LogP contribution in [0, 0.1) is 0 Å². The number of hydrogen-bond acceptors (Lipinski definition) is 5. The third-order valence-corrected chi connectivity index (χ3v) is 4.76. The molecule has 2 amide bonds. The van der Waals surface area contributed by atoms with E-state index in [2.05, 4.69) is 0 Å². The lowest BCUT2D eigenvalue weighted by atomic mass is 10.1. The first-order valence-corrected chi connectivity index (χ1v) is 8.56. The third kappa shape index (κ3) is 3.42. The van der Waals surface area contributed by atoms with Gasteiger partial charge < -0.3 is 24.0 Å². The van der Waals surface area contributed by atoms with Crippen molar-refractivity contribution < 1.29 is 23.8 Å². The summed E-state index contributed by atoms with van der Waals surface area (Å²) in [5.41, 5.74) is 0.370. The van der Waals surface area contributed by atoms with E-state index >= 15 is 0 Å². The van der Waals surface area contributed by atoms with E-state index in [1.54, 1.807) is 28.0 Å². The van der Waals surface area contributed by atoms with E-state index in [-0.39, 0.29) is 11.8 Å². The van der Waals surface area contributed by atoms with Crippen molar-refractivity contribution in [2.75, 3.05) is 47.1 Å². The average molecular weight is 348 g/mol. The zero-order valence-electron chi connectivity index (χ0n) is 14.7. The van der Waals surface area contributed by atoms with Gasteiger partial charge in [0.1, 0.15) is 23.1 Å². The first-order valence-electron chi connectivity index (χ1n) is 8.56. The number of benzene rings is 1. The molecule has 1 aromatic rings. The Hall–Kier alpha value is -2.28. The molecule has 2 fully saturated rings. The highest BCUT2D eigenvalue weighted by molar-refractivity contribution is 6.02. The molecule has 7 heteroatoms. The number of amides is 2. The highest BCUT2D eigenvalue weighted by atomic mass is 16.5. The van der Waals surface area contributed by atoms with Crippen LogP contribution in [0.4, 0.5) is 0 Å². The van der Waals surface area contributed by atoms with E-state index in [4.69, 9.17) is 14.2 Å². The summed E-state index contributed by atoms with van der Waals surface area (Å²) in [6, 6.07) is 4.80. The van der Waals surface area contributed by atoms with Crippen LogP contribution in [0.3, 0.4) is 0 Å². The summed E-state index contributed by atoms with van der Waals surface area (Å²) in [6.45, 7) is 2.81. The fraction of sp³-hybridized carbons (Fsp3) is 0.556. The van der Waals surface area contributed by atoms with Gasteiger partial charge in [-0.25, -0.2) is 0 Å². The van der Waals surface area contributed by atoms with Crippen molar-refractivity contribution in [3.8, 4) is 11.5 Å². The maximum absolute atomic E-state index is 13.2.